The third kappa shape index (κ3) is 5.04. The first-order chi connectivity index (χ1) is 17.1. The summed E-state index contributed by atoms with van der Waals surface area (Å²) in [6.07, 6.45) is 0.788. The molecule has 0 amide bonds. The fourth-order valence-corrected chi connectivity index (χ4v) is 5.41. The first-order valence-corrected chi connectivity index (χ1v) is 12.1. The van der Waals surface area contributed by atoms with E-state index >= 15 is 0 Å². The van der Waals surface area contributed by atoms with Crippen LogP contribution in [0.3, 0.4) is 0 Å². The van der Waals surface area contributed by atoms with Crippen LogP contribution in [0.1, 0.15) is 22.5 Å². The second-order valence-electron chi connectivity index (χ2n) is 8.24. The summed E-state index contributed by atoms with van der Waals surface area (Å²) in [6, 6.07) is 15.4. The van der Waals surface area contributed by atoms with E-state index in [9.17, 15) is 22.2 Å². The zero-order valence-electron chi connectivity index (χ0n) is 19.5. The summed E-state index contributed by atoms with van der Waals surface area (Å²) in [5.41, 5.74) is 0.531. The molecule has 0 aliphatic rings. The number of rotatable bonds is 6. The SMILES string of the molecule is C#CCN(Cc1cccc2nc(C)[nH]c(=O)c12)c1ccc(S(=O)c2ccccc2C)c(C(F)(F)F)c1. The number of anilines is 1. The van der Waals surface area contributed by atoms with Crippen molar-refractivity contribution < 1.29 is 17.4 Å². The van der Waals surface area contributed by atoms with Crippen molar-refractivity contribution in [3.8, 4) is 12.3 Å². The van der Waals surface area contributed by atoms with Gasteiger partial charge in [0.1, 0.15) is 5.82 Å². The Hall–Kier alpha value is -3.90. The monoisotopic (exact) mass is 509 g/mol. The Morgan fingerprint density at radius 2 is 1.81 bits per heavy atom. The van der Waals surface area contributed by atoms with Crippen LogP contribution in [0.15, 0.2) is 75.2 Å². The van der Waals surface area contributed by atoms with Gasteiger partial charge < -0.3 is 9.88 Å². The van der Waals surface area contributed by atoms with Gasteiger partial charge in [-0.15, -0.1) is 6.42 Å². The van der Waals surface area contributed by atoms with Gasteiger partial charge in [-0.05, 0) is 55.3 Å². The summed E-state index contributed by atoms with van der Waals surface area (Å²) in [4.78, 5) is 21.2. The maximum Gasteiger partial charge on any atom is 0.417 e. The molecule has 1 N–H and O–H groups in total. The van der Waals surface area contributed by atoms with Crippen molar-refractivity contribution >= 4 is 27.4 Å². The van der Waals surface area contributed by atoms with Crippen molar-refractivity contribution in [1.29, 1.82) is 0 Å². The minimum atomic E-state index is -4.75. The van der Waals surface area contributed by atoms with Crippen LogP contribution in [0.2, 0.25) is 0 Å². The molecule has 0 saturated heterocycles. The van der Waals surface area contributed by atoms with Gasteiger partial charge in [-0.2, -0.15) is 13.2 Å². The summed E-state index contributed by atoms with van der Waals surface area (Å²) in [7, 11) is -2.04. The largest absolute Gasteiger partial charge is 0.417 e. The number of aromatic nitrogens is 2. The molecular weight excluding hydrogens is 487 g/mol. The van der Waals surface area contributed by atoms with E-state index in [0.29, 0.717) is 32.7 Å². The fourth-order valence-electron chi connectivity index (χ4n) is 4.04. The van der Waals surface area contributed by atoms with Crippen LogP contribution in [-0.4, -0.2) is 20.7 Å². The predicted octanol–water partition coefficient (Wildman–Crippen LogP) is 5.37. The smallest absolute Gasteiger partial charge is 0.356 e. The van der Waals surface area contributed by atoms with Crippen molar-refractivity contribution in [2.24, 2.45) is 0 Å². The summed E-state index contributed by atoms with van der Waals surface area (Å²) in [6.45, 7) is 3.43. The fraction of sp³-hybridized carbons (Fsp3) is 0.185. The third-order valence-electron chi connectivity index (χ3n) is 5.71. The maximum atomic E-state index is 14.1. The van der Waals surface area contributed by atoms with Crippen molar-refractivity contribution in [1.82, 2.24) is 9.97 Å². The number of terminal acetylenes is 1. The maximum absolute atomic E-state index is 14.1. The average Bonchev–Trinajstić information content (AvgIpc) is 2.82. The van der Waals surface area contributed by atoms with Gasteiger partial charge in [0, 0.05) is 17.1 Å². The number of hydrogen-bond donors (Lipinski definition) is 1. The molecule has 0 aliphatic heterocycles. The highest BCUT2D eigenvalue weighted by Crippen LogP contribution is 2.38. The Morgan fingerprint density at radius 1 is 1.06 bits per heavy atom. The van der Waals surface area contributed by atoms with Gasteiger partial charge in [-0.3, -0.25) is 4.79 Å². The van der Waals surface area contributed by atoms with Gasteiger partial charge in [0.15, 0.2) is 0 Å². The van der Waals surface area contributed by atoms with Gasteiger partial charge in [0.2, 0.25) is 0 Å². The molecule has 36 heavy (non-hydrogen) atoms. The standard InChI is InChI=1S/C27H22F3N3O2S/c1-4-14-33(16-19-9-7-10-22-25(19)26(34)32-18(3)31-22)20-12-13-24(21(15-20)27(28,29)30)36(35)23-11-6-5-8-17(23)2/h1,5-13,15H,14,16H2,2-3H3,(H,31,32,34). The minimum Gasteiger partial charge on any atom is -0.356 e. The van der Waals surface area contributed by atoms with Gasteiger partial charge in [-0.25, -0.2) is 9.19 Å². The Morgan fingerprint density at radius 3 is 2.50 bits per heavy atom. The molecule has 9 heteroatoms. The summed E-state index contributed by atoms with van der Waals surface area (Å²) in [5, 5.41) is 0.346. The lowest BCUT2D eigenvalue weighted by Gasteiger charge is -2.25. The van der Waals surface area contributed by atoms with Crippen LogP contribution in [0, 0.1) is 26.2 Å². The highest BCUT2D eigenvalue weighted by atomic mass is 32.2. The Bertz CT molecular complexity index is 1570. The number of alkyl halides is 3. The molecule has 1 atom stereocenters. The minimum absolute atomic E-state index is 0.00882. The van der Waals surface area contributed by atoms with Crippen LogP contribution in [0.5, 0.6) is 0 Å². The van der Waals surface area contributed by atoms with E-state index in [-0.39, 0.29) is 29.2 Å². The Kier molecular flexibility index (Phi) is 7.00. The molecule has 184 valence electrons. The molecule has 0 radical (unpaired) electrons. The molecule has 0 bridgehead atoms. The number of H-pyrrole nitrogens is 1. The lowest BCUT2D eigenvalue weighted by atomic mass is 10.1. The number of aryl methyl sites for hydroxylation is 2. The van der Waals surface area contributed by atoms with E-state index in [4.69, 9.17) is 6.42 Å². The molecule has 1 heterocycles. The van der Waals surface area contributed by atoms with Gasteiger partial charge >= 0.3 is 6.18 Å². The number of fused-ring (bicyclic) bond motifs is 1. The van der Waals surface area contributed by atoms with Crippen molar-refractivity contribution in [2.45, 2.75) is 36.4 Å². The number of benzene rings is 3. The molecule has 3 aromatic carbocycles. The van der Waals surface area contributed by atoms with E-state index in [2.05, 4.69) is 15.9 Å². The quantitative estimate of drug-likeness (QED) is 0.355. The number of nitrogens with zero attached hydrogens (tertiary/aromatic N) is 2. The first kappa shape index (κ1) is 25.2. The van der Waals surface area contributed by atoms with Crippen LogP contribution in [-0.2, 0) is 23.5 Å². The lowest BCUT2D eigenvalue weighted by molar-refractivity contribution is -0.139. The zero-order valence-corrected chi connectivity index (χ0v) is 20.3. The number of nitrogens with one attached hydrogen (secondary N) is 1. The van der Waals surface area contributed by atoms with Crippen molar-refractivity contribution in [3.63, 3.8) is 0 Å². The molecule has 4 aromatic rings. The topological polar surface area (TPSA) is 66.1 Å². The van der Waals surface area contributed by atoms with E-state index in [1.807, 2.05) is 0 Å². The van der Waals surface area contributed by atoms with Crippen LogP contribution in [0.25, 0.3) is 10.9 Å². The third-order valence-corrected chi connectivity index (χ3v) is 7.32. The van der Waals surface area contributed by atoms with Gasteiger partial charge in [0.05, 0.1) is 38.7 Å². The molecule has 0 saturated carbocycles. The molecule has 4 rings (SSSR count). The van der Waals surface area contributed by atoms with Gasteiger partial charge in [0.25, 0.3) is 5.56 Å². The summed E-state index contributed by atoms with van der Waals surface area (Å²) in [5.74, 6) is 2.93. The van der Waals surface area contributed by atoms with Crippen molar-refractivity contribution in [2.75, 3.05) is 11.4 Å². The van der Waals surface area contributed by atoms with E-state index in [1.165, 1.54) is 12.1 Å². The molecule has 0 spiro atoms. The van der Waals surface area contributed by atoms with Crippen LogP contribution >= 0.6 is 0 Å². The Balaban J connectivity index is 1.80. The normalized spacial score (nSPS) is 12.3. The molecule has 5 nitrogen and oxygen atoms in total. The molecule has 1 unspecified atom stereocenters. The van der Waals surface area contributed by atoms with E-state index < -0.39 is 22.5 Å². The molecular formula is C27H22F3N3O2S. The van der Waals surface area contributed by atoms with Gasteiger partial charge in [-0.1, -0.05) is 36.3 Å². The second kappa shape index (κ2) is 9.99. The Labute approximate surface area is 208 Å². The van der Waals surface area contributed by atoms with Crippen LogP contribution < -0.4 is 10.5 Å². The van der Waals surface area contributed by atoms with Crippen LogP contribution in [0.4, 0.5) is 18.9 Å². The summed E-state index contributed by atoms with van der Waals surface area (Å²) < 4.78 is 55.6. The molecule has 0 aliphatic carbocycles. The number of hydrogen-bond acceptors (Lipinski definition) is 4. The lowest BCUT2D eigenvalue weighted by Crippen LogP contribution is -2.25. The summed E-state index contributed by atoms with van der Waals surface area (Å²) >= 11 is 0. The predicted molar refractivity (Wildman–Crippen MR) is 134 cm³/mol. The average molecular weight is 510 g/mol. The number of aromatic amines is 1. The van der Waals surface area contributed by atoms with E-state index in [1.54, 1.807) is 61.2 Å². The van der Waals surface area contributed by atoms with Crippen molar-refractivity contribution in [3.05, 3.63) is 93.5 Å². The zero-order chi connectivity index (χ0) is 26.0. The highest BCUT2D eigenvalue weighted by Gasteiger charge is 2.36. The second-order valence-corrected chi connectivity index (χ2v) is 9.65. The molecule has 0 fully saturated rings. The highest BCUT2D eigenvalue weighted by molar-refractivity contribution is 7.85. The molecule has 1 aromatic heterocycles. The first-order valence-electron chi connectivity index (χ1n) is 11.0. The van der Waals surface area contributed by atoms with E-state index in [0.717, 1.165) is 6.07 Å². The number of halogens is 3.